The summed E-state index contributed by atoms with van der Waals surface area (Å²) in [5, 5.41) is 7.76. The van der Waals surface area contributed by atoms with Gasteiger partial charge in [0.2, 0.25) is 0 Å². The van der Waals surface area contributed by atoms with Crippen LogP contribution < -0.4 is 10.6 Å². The van der Waals surface area contributed by atoms with Crippen molar-refractivity contribution >= 4 is 0 Å². The fourth-order valence-corrected chi connectivity index (χ4v) is 4.78. The highest BCUT2D eigenvalue weighted by Gasteiger charge is 2.34. The molecule has 3 aliphatic rings. The van der Waals surface area contributed by atoms with E-state index in [1.165, 1.54) is 71.1 Å². The summed E-state index contributed by atoms with van der Waals surface area (Å²) in [4.78, 5) is 2.64. The molecule has 3 heteroatoms. The van der Waals surface area contributed by atoms with Gasteiger partial charge in [-0.1, -0.05) is 12.8 Å². The molecule has 3 fully saturated rings. The molecule has 1 saturated carbocycles. The second-order valence-corrected chi connectivity index (χ2v) is 7.91. The third-order valence-corrected chi connectivity index (χ3v) is 6.15. The maximum absolute atomic E-state index is 3.96. The molecule has 0 aromatic carbocycles. The molecule has 0 radical (unpaired) electrons. The van der Waals surface area contributed by atoms with Crippen molar-refractivity contribution in [2.24, 2.45) is 11.8 Å². The Morgan fingerprint density at radius 1 is 1.10 bits per heavy atom. The highest BCUT2D eigenvalue weighted by molar-refractivity contribution is 4.93. The van der Waals surface area contributed by atoms with Gasteiger partial charge >= 0.3 is 0 Å². The van der Waals surface area contributed by atoms with E-state index in [2.05, 4.69) is 29.4 Å². The lowest BCUT2D eigenvalue weighted by Gasteiger charge is -2.33. The quantitative estimate of drug-likeness (QED) is 0.816. The third-order valence-electron chi connectivity index (χ3n) is 6.15. The summed E-state index contributed by atoms with van der Waals surface area (Å²) >= 11 is 0. The highest BCUT2D eigenvalue weighted by atomic mass is 15.2. The molecule has 0 spiro atoms. The van der Waals surface area contributed by atoms with Crippen molar-refractivity contribution in [3.8, 4) is 0 Å². The SMILES string of the molecule is CC(C)N1CCC(CNC2CCCC2C2CCCCN2)C1. The number of piperidine rings is 1. The smallest absolute Gasteiger partial charge is 0.0110 e. The molecule has 4 unspecified atom stereocenters. The second-order valence-electron chi connectivity index (χ2n) is 7.91. The average Bonchev–Trinajstić information content (AvgIpc) is 3.15. The lowest BCUT2D eigenvalue weighted by molar-refractivity contribution is 0.243. The van der Waals surface area contributed by atoms with Gasteiger partial charge in [-0.3, -0.25) is 0 Å². The number of hydrogen-bond donors (Lipinski definition) is 2. The third kappa shape index (κ3) is 4.00. The minimum Gasteiger partial charge on any atom is -0.314 e. The topological polar surface area (TPSA) is 27.3 Å². The summed E-state index contributed by atoms with van der Waals surface area (Å²) in [5.41, 5.74) is 0. The van der Waals surface area contributed by atoms with Crippen LogP contribution in [0.5, 0.6) is 0 Å². The van der Waals surface area contributed by atoms with E-state index in [0.29, 0.717) is 0 Å². The minimum absolute atomic E-state index is 0.723. The van der Waals surface area contributed by atoms with Crippen LogP contribution in [0.2, 0.25) is 0 Å². The first kappa shape index (κ1) is 15.8. The Hall–Kier alpha value is -0.120. The molecule has 0 aromatic heterocycles. The van der Waals surface area contributed by atoms with Gasteiger partial charge in [-0.05, 0) is 77.4 Å². The van der Waals surface area contributed by atoms with E-state index in [-0.39, 0.29) is 0 Å². The Morgan fingerprint density at radius 3 is 2.71 bits per heavy atom. The molecule has 0 aromatic rings. The summed E-state index contributed by atoms with van der Waals surface area (Å²) < 4.78 is 0. The van der Waals surface area contributed by atoms with Crippen molar-refractivity contribution in [3.63, 3.8) is 0 Å². The van der Waals surface area contributed by atoms with Crippen LogP contribution in [-0.4, -0.2) is 49.2 Å². The molecule has 0 amide bonds. The molecular formula is C18H35N3. The van der Waals surface area contributed by atoms with Crippen molar-refractivity contribution in [2.75, 3.05) is 26.2 Å². The molecule has 3 rings (SSSR count). The molecular weight excluding hydrogens is 258 g/mol. The molecule has 0 bridgehead atoms. The average molecular weight is 293 g/mol. The summed E-state index contributed by atoms with van der Waals surface area (Å²) in [6.45, 7) is 9.78. The van der Waals surface area contributed by atoms with E-state index in [1.807, 2.05) is 0 Å². The molecule has 21 heavy (non-hydrogen) atoms. The minimum atomic E-state index is 0.723. The first-order chi connectivity index (χ1) is 10.2. The molecule has 3 nitrogen and oxygen atoms in total. The Kier molecular flexibility index (Phi) is 5.58. The maximum atomic E-state index is 3.96. The standard InChI is InChI=1S/C18H35N3/c1-14(2)21-11-9-15(13-21)12-20-18-8-5-6-16(18)17-7-3-4-10-19-17/h14-20H,3-13H2,1-2H3. The highest BCUT2D eigenvalue weighted by Crippen LogP contribution is 2.32. The predicted octanol–water partition coefficient (Wildman–Crippen LogP) is 2.62. The van der Waals surface area contributed by atoms with Crippen molar-refractivity contribution in [1.82, 2.24) is 15.5 Å². The molecule has 2 heterocycles. The van der Waals surface area contributed by atoms with Crippen molar-refractivity contribution in [1.29, 1.82) is 0 Å². The van der Waals surface area contributed by atoms with E-state index < -0.39 is 0 Å². The molecule has 4 atom stereocenters. The summed E-state index contributed by atoms with van der Waals surface area (Å²) in [6, 6.07) is 2.31. The van der Waals surface area contributed by atoms with Crippen LogP contribution in [0.25, 0.3) is 0 Å². The van der Waals surface area contributed by atoms with Crippen LogP contribution in [-0.2, 0) is 0 Å². The van der Waals surface area contributed by atoms with E-state index in [9.17, 15) is 0 Å². The molecule has 2 saturated heterocycles. The fraction of sp³-hybridized carbons (Fsp3) is 1.00. The summed E-state index contributed by atoms with van der Waals surface area (Å²) in [5.74, 6) is 1.78. The van der Waals surface area contributed by atoms with Gasteiger partial charge in [0.1, 0.15) is 0 Å². The summed E-state index contributed by atoms with van der Waals surface area (Å²) in [6.07, 6.45) is 9.91. The molecule has 1 aliphatic carbocycles. The van der Waals surface area contributed by atoms with Crippen LogP contribution in [0.1, 0.15) is 58.8 Å². The molecule has 122 valence electrons. The van der Waals surface area contributed by atoms with Crippen molar-refractivity contribution in [3.05, 3.63) is 0 Å². The fourth-order valence-electron chi connectivity index (χ4n) is 4.78. The van der Waals surface area contributed by atoms with Gasteiger partial charge in [-0.25, -0.2) is 0 Å². The number of nitrogens with zero attached hydrogens (tertiary/aromatic N) is 1. The number of hydrogen-bond acceptors (Lipinski definition) is 3. The Morgan fingerprint density at radius 2 is 2.00 bits per heavy atom. The van der Waals surface area contributed by atoms with Gasteiger partial charge < -0.3 is 15.5 Å². The van der Waals surface area contributed by atoms with Gasteiger partial charge in [0.15, 0.2) is 0 Å². The Labute approximate surface area is 131 Å². The first-order valence-electron chi connectivity index (χ1n) is 9.45. The Balaban J connectivity index is 1.44. The van der Waals surface area contributed by atoms with Crippen molar-refractivity contribution in [2.45, 2.75) is 76.9 Å². The second kappa shape index (κ2) is 7.43. The van der Waals surface area contributed by atoms with Crippen LogP contribution in [0, 0.1) is 11.8 Å². The predicted molar refractivity (Wildman–Crippen MR) is 89.6 cm³/mol. The van der Waals surface area contributed by atoms with E-state index in [4.69, 9.17) is 0 Å². The zero-order valence-electron chi connectivity index (χ0n) is 14.1. The Bertz CT molecular complexity index is 312. The van der Waals surface area contributed by atoms with Crippen LogP contribution in [0.4, 0.5) is 0 Å². The first-order valence-corrected chi connectivity index (χ1v) is 9.45. The summed E-state index contributed by atoms with van der Waals surface area (Å²) in [7, 11) is 0. The van der Waals surface area contributed by atoms with Gasteiger partial charge in [0, 0.05) is 24.7 Å². The maximum Gasteiger partial charge on any atom is 0.0110 e. The largest absolute Gasteiger partial charge is 0.314 e. The van der Waals surface area contributed by atoms with E-state index in [1.54, 1.807) is 0 Å². The zero-order valence-corrected chi connectivity index (χ0v) is 14.1. The van der Waals surface area contributed by atoms with Gasteiger partial charge in [-0.15, -0.1) is 0 Å². The molecule has 2 N–H and O–H groups in total. The van der Waals surface area contributed by atoms with Gasteiger partial charge in [-0.2, -0.15) is 0 Å². The van der Waals surface area contributed by atoms with Crippen molar-refractivity contribution < 1.29 is 0 Å². The van der Waals surface area contributed by atoms with Crippen LogP contribution in [0.3, 0.4) is 0 Å². The number of nitrogens with one attached hydrogen (secondary N) is 2. The number of rotatable bonds is 5. The normalized spacial score (nSPS) is 38.4. The lowest BCUT2D eigenvalue weighted by atomic mass is 9.88. The van der Waals surface area contributed by atoms with E-state index in [0.717, 1.165) is 30.0 Å². The van der Waals surface area contributed by atoms with Gasteiger partial charge in [0.25, 0.3) is 0 Å². The van der Waals surface area contributed by atoms with Crippen LogP contribution in [0.15, 0.2) is 0 Å². The van der Waals surface area contributed by atoms with Crippen LogP contribution >= 0.6 is 0 Å². The zero-order chi connectivity index (χ0) is 14.7. The van der Waals surface area contributed by atoms with Gasteiger partial charge in [0.05, 0.1) is 0 Å². The lowest BCUT2D eigenvalue weighted by Crippen LogP contribution is -2.47. The number of likely N-dealkylation sites (tertiary alicyclic amines) is 1. The van der Waals surface area contributed by atoms with E-state index >= 15 is 0 Å². The monoisotopic (exact) mass is 293 g/mol. The molecule has 2 aliphatic heterocycles.